The number of halogens is 1. The van der Waals surface area contributed by atoms with Crippen LogP contribution in [0.5, 0.6) is 0 Å². The Morgan fingerprint density at radius 1 is 1.04 bits per heavy atom. The average Bonchev–Trinajstić information content (AvgIpc) is 3.26. The second kappa shape index (κ2) is 6.57. The summed E-state index contributed by atoms with van der Waals surface area (Å²) in [6, 6.07) is 17.8. The molecule has 0 radical (unpaired) electrons. The van der Waals surface area contributed by atoms with Crippen LogP contribution in [-0.4, -0.2) is 34.2 Å². The van der Waals surface area contributed by atoms with Crippen LogP contribution in [0.15, 0.2) is 59.1 Å². The third-order valence-electron chi connectivity index (χ3n) is 6.33. The van der Waals surface area contributed by atoms with Crippen LogP contribution in [-0.2, 0) is 0 Å². The van der Waals surface area contributed by atoms with E-state index in [4.69, 9.17) is 9.51 Å². The number of fused-ring (bicyclic) bond motifs is 2. The molecule has 138 valence electrons. The fraction of sp³-hybridized carbons (Fsp3) is 0.364. The first-order valence-electron chi connectivity index (χ1n) is 9.57. The van der Waals surface area contributed by atoms with Gasteiger partial charge in [-0.3, -0.25) is 4.90 Å². The van der Waals surface area contributed by atoms with E-state index < -0.39 is 0 Å². The maximum atomic E-state index is 13.4. The topological polar surface area (TPSA) is 42.2 Å². The van der Waals surface area contributed by atoms with Crippen molar-refractivity contribution < 1.29 is 8.91 Å². The highest BCUT2D eigenvalue weighted by Gasteiger charge is 2.48. The molecule has 0 N–H and O–H groups in total. The van der Waals surface area contributed by atoms with Gasteiger partial charge in [-0.05, 0) is 49.9 Å². The summed E-state index contributed by atoms with van der Waals surface area (Å²) < 4.78 is 19.2. The molecule has 0 aliphatic carbocycles. The van der Waals surface area contributed by atoms with Gasteiger partial charge in [0, 0.05) is 17.6 Å². The third-order valence-corrected chi connectivity index (χ3v) is 6.33. The first-order valence-corrected chi connectivity index (χ1v) is 9.57. The van der Waals surface area contributed by atoms with Crippen LogP contribution in [0, 0.1) is 5.82 Å². The van der Waals surface area contributed by atoms with Gasteiger partial charge in [0.15, 0.2) is 0 Å². The Morgan fingerprint density at radius 2 is 1.81 bits per heavy atom. The van der Waals surface area contributed by atoms with Crippen molar-refractivity contribution in [2.45, 2.75) is 43.2 Å². The fourth-order valence-corrected chi connectivity index (χ4v) is 4.93. The Labute approximate surface area is 158 Å². The summed E-state index contributed by atoms with van der Waals surface area (Å²) in [5.41, 5.74) is 2.12. The van der Waals surface area contributed by atoms with Crippen molar-refractivity contribution in [1.82, 2.24) is 15.0 Å². The van der Waals surface area contributed by atoms with Crippen LogP contribution in [0.25, 0.3) is 11.4 Å². The molecular weight excluding hydrogens is 341 g/mol. The summed E-state index contributed by atoms with van der Waals surface area (Å²) in [7, 11) is 2.20. The number of piperidine rings is 1. The minimum absolute atomic E-state index is 0.129. The molecule has 2 aliphatic rings. The molecule has 2 fully saturated rings. The van der Waals surface area contributed by atoms with Gasteiger partial charge in [-0.15, -0.1) is 0 Å². The van der Waals surface area contributed by atoms with Crippen LogP contribution in [0.4, 0.5) is 4.39 Å². The van der Waals surface area contributed by atoms with Gasteiger partial charge in [-0.25, -0.2) is 4.39 Å². The van der Waals surface area contributed by atoms with Crippen molar-refractivity contribution in [3.63, 3.8) is 0 Å². The Kier molecular flexibility index (Phi) is 4.05. The van der Waals surface area contributed by atoms with E-state index in [1.54, 1.807) is 12.1 Å². The van der Waals surface area contributed by atoms with Gasteiger partial charge in [0.2, 0.25) is 11.7 Å². The van der Waals surface area contributed by atoms with E-state index in [0.717, 1.165) is 24.0 Å². The largest absolute Gasteiger partial charge is 0.339 e. The zero-order valence-corrected chi connectivity index (χ0v) is 15.3. The maximum absolute atomic E-state index is 13.4. The first-order chi connectivity index (χ1) is 13.2. The second-order valence-electron chi connectivity index (χ2n) is 7.71. The molecule has 3 heterocycles. The molecule has 0 unspecified atom stereocenters. The van der Waals surface area contributed by atoms with E-state index in [1.165, 1.54) is 6.42 Å². The van der Waals surface area contributed by atoms with Crippen LogP contribution >= 0.6 is 0 Å². The van der Waals surface area contributed by atoms with Crippen molar-refractivity contribution in [2.75, 3.05) is 7.05 Å². The van der Waals surface area contributed by atoms with Gasteiger partial charge >= 0.3 is 0 Å². The lowest BCUT2D eigenvalue weighted by Crippen LogP contribution is -2.44. The maximum Gasteiger partial charge on any atom is 0.232 e. The number of aromatic nitrogens is 2. The molecule has 4 atom stereocenters. The average molecular weight is 363 g/mol. The third kappa shape index (κ3) is 2.86. The van der Waals surface area contributed by atoms with Crippen LogP contribution < -0.4 is 0 Å². The fourth-order valence-electron chi connectivity index (χ4n) is 4.93. The molecular formula is C22H22FN3O. The van der Waals surface area contributed by atoms with Gasteiger partial charge in [0.05, 0.1) is 5.92 Å². The minimum atomic E-state index is -0.199. The normalized spacial score (nSPS) is 27.8. The van der Waals surface area contributed by atoms with Gasteiger partial charge in [0.1, 0.15) is 5.82 Å². The molecule has 5 heteroatoms. The summed E-state index contributed by atoms with van der Waals surface area (Å²) >= 11 is 0. The second-order valence-corrected chi connectivity index (χ2v) is 7.71. The smallest absolute Gasteiger partial charge is 0.232 e. The van der Waals surface area contributed by atoms with Gasteiger partial charge < -0.3 is 4.52 Å². The number of benzene rings is 2. The number of rotatable bonds is 3. The summed E-state index contributed by atoms with van der Waals surface area (Å²) in [6.45, 7) is 0. The predicted octanol–water partition coefficient (Wildman–Crippen LogP) is 4.61. The van der Waals surface area contributed by atoms with E-state index in [0.29, 0.717) is 23.8 Å². The lowest BCUT2D eigenvalue weighted by Gasteiger charge is -2.41. The molecule has 5 rings (SSSR count). The standard InChI is InChI=1S/C22H22FN3O/c1-26-17-11-12-19(26)20(18(13-17)14-7-9-16(23)10-8-14)22-24-21(25-27-22)15-5-3-2-4-6-15/h2-10,17-20H,11-13H2,1H3/t17-,18+,19-,20+/m1/s1. The van der Waals surface area contributed by atoms with Crippen LogP contribution in [0.3, 0.4) is 0 Å². The monoisotopic (exact) mass is 363 g/mol. The summed E-state index contributed by atoms with van der Waals surface area (Å²) in [6.07, 6.45) is 3.36. The van der Waals surface area contributed by atoms with E-state index in [9.17, 15) is 4.39 Å². The Hall–Kier alpha value is -2.53. The van der Waals surface area contributed by atoms with Crippen molar-refractivity contribution in [3.05, 3.63) is 71.9 Å². The molecule has 1 aromatic heterocycles. The van der Waals surface area contributed by atoms with Gasteiger partial charge in [-0.1, -0.05) is 47.6 Å². The van der Waals surface area contributed by atoms with Crippen LogP contribution in [0.2, 0.25) is 0 Å². The van der Waals surface area contributed by atoms with Crippen molar-refractivity contribution in [1.29, 1.82) is 0 Å². The number of likely N-dealkylation sites (N-methyl/N-ethyl adjacent to an activating group) is 1. The quantitative estimate of drug-likeness (QED) is 0.681. The summed E-state index contributed by atoms with van der Waals surface area (Å²) in [5.74, 6) is 1.52. The molecule has 0 spiro atoms. The van der Waals surface area contributed by atoms with E-state index in [-0.39, 0.29) is 17.7 Å². The highest BCUT2D eigenvalue weighted by molar-refractivity contribution is 5.53. The number of hydrogen-bond acceptors (Lipinski definition) is 4. The molecule has 2 saturated heterocycles. The zero-order valence-electron chi connectivity index (χ0n) is 15.3. The SMILES string of the molecule is CN1[C@@H]2CC[C@@H]1[C@@H](c1nc(-c3ccccc3)no1)[C@H](c1ccc(F)cc1)C2. The van der Waals surface area contributed by atoms with Crippen molar-refractivity contribution in [2.24, 2.45) is 0 Å². The van der Waals surface area contributed by atoms with Crippen molar-refractivity contribution in [3.8, 4) is 11.4 Å². The molecule has 0 saturated carbocycles. The number of hydrogen-bond donors (Lipinski definition) is 0. The molecule has 2 aromatic carbocycles. The van der Waals surface area contributed by atoms with Gasteiger partial charge in [0.25, 0.3) is 0 Å². The summed E-state index contributed by atoms with van der Waals surface area (Å²) in [4.78, 5) is 7.24. The molecule has 4 nitrogen and oxygen atoms in total. The number of nitrogens with zero attached hydrogens (tertiary/aromatic N) is 3. The molecule has 3 aromatic rings. The highest BCUT2D eigenvalue weighted by atomic mass is 19.1. The Balaban J connectivity index is 1.54. The zero-order chi connectivity index (χ0) is 18.4. The van der Waals surface area contributed by atoms with E-state index >= 15 is 0 Å². The molecule has 27 heavy (non-hydrogen) atoms. The Bertz CT molecular complexity index is 924. The highest BCUT2D eigenvalue weighted by Crippen LogP contribution is 2.50. The van der Waals surface area contributed by atoms with E-state index in [1.807, 2.05) is 42.5 Å². The molecule has 0 amide bonds. The lowest BCUT2D eigenvalue weighted by molar-refractivity contribution is 0.120. The predicted molar refractivity (Wildman–Crippen MR) is 101 cm³/mol. The Morgan fingerprint density at radius 3 is 2.59 bits per heavy atom. The first kappa shape index (κ1) is 16.6. The van der Waals surface area contributed by atoms with Gasteiger partial charge in [-0.2, -0.15) is 4.98 Å². The molecule has 2 bridgehead atoms. The molecule has 2 aliphatic heterocycles. The van der Waals surface area contributed by atoms with Crippen LogP contribution in [0.1, 0.15) is 42.6 Å². The summed E-state index contributed by atoms with van der Waals surface area (Å²) in [5, 5.41) is 4.25. The van der Waals surface area contributed by atoms with E-state index in [2.05, 4.69) is 17.1 Å². The minimum Gasteiger partial charge on any atom is -0.339 e. The van der Waals surface area contributed by atoms with Crippen molar-refractivity contribution >= 4 is 0 Å². The lowest BCUT2D eigenvalue weighted by atomic mass is 9.76.